The molecular formula is C17H17Cl2N3. The van der Waals surface area contributed by atoms with E-state index in [1.54, 1.807) is 6.07 Å². The SMILES string of the molecule is NCCCc1nc2ccccc2n1Cc1ccc(Cl)cc1Cl. The molecule has 0 aliphatic heterocycles. The maximum Gasteiger partial charge on any atom is 0.110 e. The van der Waals surface area contributed by atoms with E-state index in [1.807, 2.05) is 30.3 Å². The molecule has 0 bridgehead atoms. The summed E-state index contributed by atoms with van der Waals surface area (Å²) in [5.41, 5.74) is 8.78. The van der Waals surface area contributed by atoms with Gasteiger partial charge in [-0.1, -0.05) is 41.4 Å². The summed E-state index contributed by atoms with van der Waals surface area (Å²) in [4.78, 5) is 4.73. The van der Waals surface area contributed by atoms with Gasteiger partial charge in [0, 0.05) is 16.5 Å². The molecule has 0 unspecified atom stereocenters. The van der Waals surface area contributed by atoms with Crippen molar-refractivity contribution in [1.29, 1.82) is 0 Å². The molecule has 0 aliphatic carbocycles. The second-order valence-corrected chi connectivity index (χ2v) is 6.07. The van der Waals surface area contributed by atoms with Crippen LogP contribution in [-0.2, 0) is 13.0 Å². The first-order valence-electron chi connectivity index (χ1n) is 7.27. The van der Waals surface area contributed by atoms with Crippen molar-refractivity contribution in [2.24, 2.45) is 5.73 Å². The van der Waals surface area contributed by atoms with Gasteiger partial charge in [0.2, 0.25) is 0 Å². The highest BCUT2D eigenvalue weighted by molar-refractivity contribution is 6.35. The smallest absolute Gasteiger partial charge is 0.110 e. The van der Waals surface area contributed by atoms with Gasteiger partial charge in [-0.2, -0.15) is 0 Å². The minimum absolute atomic E-state index is 0.646. The quantitative estimate of drug-likeness (QED) is 0.757. The topological polar surface area (TPSA) is 43.8 Å². The number of benzene rings is 2. The maximum absolute atomic E-state index is 6.32. The number of rotatable bonds is 5. The summed E-state index contributed by atoms with van der Waals surface area (Å²) in [5, 5.41) is 1.32. The van der Waals surface area contributed by atoms with E-state index in [1.165, 1.54) is 0 Å². The van der Waals surface area contributed by atoms with Gasteiger partial charge in [0.1, 0.15) is 5.82 Å². The molecule has 3 nitrogen and oxygen atoms in total. The second kappa shape index (κ2) is 6.69. The van der Waals surface area contributed by atoms with Gasteiger partial charge in [-0.25, -0.2) is 4.98 Å². The van der Waals surface area contributed by atoms with Crippen LogP contribution in [0.4, 0.5) is 0 Å². The number of para-hydroxylation sites is 2. The molecule has 2 aromatic carbocycles. The highest BCUT2D eigenvalue weighted by Gasteiger charge is 2.12. The van der Waals surface area contributed by atoms with Gasteiger partial charge in [0.25, 0.3) is 0 Å². The largest absolute Gasteiger partial charge is 0.330 e. The monoisotopic (exact) mass is 333 g/mol. The Balaban J connectivity index is 2.03. The highest BCUT2D eigenvalue weighted by Crippen LogP contribution is 2.25. The molecule has 114 valence electrons. The predicted octanol–water partition coefficient (Wildman–Crippen LogP) is 4.28. The summed E-state index contributed by atoms with van der Waals surface area (Å²) < 4.78 is 2.21. The fourth-order valence-electron chi connectivity index (χ4n) is 2.57. The lowest BCUT2D eigenvalue weighted by Crippen LogP contribution is -2.08. The van der Waals surface area contributed by atoms with Crippen molar-refractivity contribution >= 4 is 34.2 Å². The van der Waals surface area contributed by atoms with Gasteiger partial charge in [-0.15, -0.1) is 0 Å². The number of halogens is 2. The third-order valence-electron chi connectivity index (χ3n) is 3.68. The number of aromatic nitrogens is 2. The Labute approximate surface area is 139 Å². The fraction of sp³-hybridized carbons (Fsp3) is 0.235. The molecular weight excluding hydrogens is 317 g/mol. The molecule has 1 aromatic heterocycles. The molecule has 0 amide bonds. The third kappa shape index (κ3) is 3.12. The molecule has 0 saturated carbocycles. The van der Waals surface area contributed by atoms with Gasteiger partial charge >= 0.3 is 0 Å². The highest BCUT2D eigenvalue weighted by atomic mass is 35.5. The lowest BCUT2D eigenvalue weighted by molar-refractivity contribution is 0.703. The van der Waals surface area contributed by atoms with Crippen LogP contribution in [0.25, 0.3) is 11.0 Å². The molecule has 2 N–H and O–H groups in total. The maximum atomic E-state index is 6.32. The Morgan fingerprint density at radius 2 is 1.91 bits per heavy atom. The molecule has 3 aromatic rings. The summed E-state index contributed by atoms with van der Waals surface area (Å²) in [5.74, 6) is 1.04. The third-order valence-corrected chi connectivity index (χ3v) is 4.27. The Morgan fingerprint density at radius 3 is 2.68 bits per heavy atom. The van der Waals surface area contributed by atoms with E-state index in [9.17, 15) is 0 Å². The zero-order valence-electron chi connectivity index (χ0n) is 12.1. The van der Waals surface area contributed by atoms with E-state index in [4.69, 9.17) is 33.9 Å². The van der Waals surface area contributed by atoms with Gasteiger partial charge in [0.15, 0.2) is 0 Å². The zero-order chi connectivity index (χ0) is 15.5. The van der Waals surface area contributed by atoms with Crippen LogP contribution in [0.5, 0.6) is 0 Å². The van der Waals surface area contributed by atoms with Crippen LogP contribution in [0, 0.1) is 0 Å². The molecule has 0 radical (unpaired) electrons. The van der Waals surface area contributed by atoms with Crippen molar-refractivity contribution in [2.75, 3.05) is 6.54 Å². The van der Waals surface area contributed by atoms with Crippen LogP contribution in [0.2, 0.25) is 10.0 Å². The molecule has 0 fully saturated rings. The van der Waals surface area contributed by atoms with Crippen LogP contribution in [0.15, 0.2) is 42.5 Å². The van der Waals surface area contributed by atoms with Crippen LogP contribution in [0.3, 0.4) is 0 Å². The minimum atomic E-state index is 0.646. The summed E-state index contributed by atoms with van der Waals surface area (Å²) >= 11 is 12.3. The molecule has 5 heteroatoms. The normalized spacial score (nSPS) is 11.2. The summed E-state index contributed by atoms with van der Waals surface area (Å²) in [6.07, 6.45) is 1.77. The van der Waals surface area contributed by atoms with E-state index in [2.05, 4.69) is 10.6 Å². The van der Waals surface area contributed by atoms with Crippen molar-refractivity contribution in [1.82, 2.24) is 9.55 Å². The van der Waals surface area contributed by atoms with Crippen LogP contribution >= 0.6 is 23.2 Å². The number of imidazole rings is 1. The number of fused-ring (bicyclic) bond motifs is 1. The molecule has 1 heterocycles. The first-order chi connectivity index (χ1) is 10.7. The molecule has 22 heavy (non-hydrogen) atoms. The van der Waals surface area contributed by atoms with Crippen molar-refractivity contribution < 1.29 is 0 Å². The average Bonchev–Trinajstić information content (AvgIpc) is 2.86. The first kappa shape index (κ1) is 15.3. The van der Waals surface area contributed by atoms with Crippen LogP contribution in [-0.4, -0.2) is 16.1 Å². The lowest BCUT2D eigenvalue weighted by Gasteiger charge is -2.11. The van der Waals surface area contributed by atoms with E-state index >= 15 is 0 Å². The first-order valence-corrected chi connectivity index (χ1v) is 8.03. The summed E-state index contributed by atoms with van der Waals surface area (Å²) in [6.45, 7) is 1.33. The van der Waals surface area contributed by atoms with Gasteiger partial charge < -0.3 is 10.3 Å². The molecule has 0 atom stereocenters. The fourth-order valence-corrected chi connectivity index (χ4v) is 3.04. The summed E-state index contributed by atoms with van der Waals surface area (Å²) in [6, 6.07) is 13.7. The van der Waals surface area contributed by atoms with Gasteiger partial charge in [-0.05, 0) is 42.8 Å². The molecule has 0 aliphatic rings. The minimum Gasteiger partial charge on any atom is -0.330 e. The number of nitrogens with two attached hydrogens (primary N) is 1. The number of aryl methyl sites for hydroxylation is 1. The van der Waals surface area contributed by atoms with Crippen molar-refractivity contribution in [3.63, 3.8) is 0 Å². The zero-order valence-corrected chi connectivity index (χ0v) is 13.6. The Bertz CT molecular complexity index is 796. The summed E-state index contributed by atoms with van der Waals surface area (Å²) in [7, 11) is 0. The second-order valence-electron chi connectivity index (χ2n) is 5.23. The molecule has 0 saturated heterocycles. The Kier molecular flexibility index (Phi) is 4.67. The molecule has 0 spiro atoms. The van der Waals surface area contributed by atoms with Crippen molar-refractivity contribution in [2.45, 2.75) is 19.4 Å². The van der Waals surface area contributed by atoms with Crippen molar-refractivity contribution in [3.05, 3.63) is 63.9 Å². The van der Waals surface area contributed by atoms with E-state index in [0.29, 0.717) is 23.1 Å². The number of hydrogen-bond donors (Lipinski definition) is 1. The predicted molar refractivity (Wildman–Crippen MR) is 92.7 cm³/mol. The number of hydrogen-bond acceptors (Lipinski definition) is 2. The van der Waals surface area contributed by atoms with Gasteiger partial charge in [-0.3, -0.25) is 0 Å². The number of nitrogens with zero attached hydrogens (tertiary/aromatic N) is 2. The van der Waals surface area contributed by atoms with Crippen LogP contribution < -0.4 is 5.73 Å². The lowest BCUT2D eigenvalue weighted by atomic mass is 10.2. The molecule has 3 rings (SSSR count). The van der Waals surface area contributed by atoms with E-state index in [-0.39, 0.29) is 0 Å². The van der Waals surface area contributed by atoms with Gasteiger partial charge in [0.05, 0.1) is 17.6 Å². The Morgan fingerprint density at radius 1 is 1.09 bits per heavy atom. The standard InChI is InChI=1S/C17H17Cl2N3/c18-13-8-7-12(14(19)10-13)11-22-16-5-2-1-4-15(16)21-17(22)6-3-9-20/h1-2,4-5,7-8,10H,3,6,9,11,20H2. The van der Waals surface area contributed by atoms with Crippen molar-refractivity contribution in [3.8, 4) is 0 Å². The van der Waals surface area contributed by atoms with Crippen LogP contribution in [0.1, 0.15) is 17.8 Å². The Hall–Kier alpha value is -1.55. The average molecular weight is 334 g/mol. The van der Waals surface area contributed by atoms with E-state index < -0.39 is 0 Å². The van der Waals surface area contributed by atoms with E-state index in [0.717, 1.165) is 35.3 Å².